The Labute approximate surface area is 124 Å². The topological polar surface area (TPSA) is 76.8 Å². The van der Waals surface area contributed by atoms with Gasteiger partial charge in [-0.2, -0.15) is 4.98 Å². The molecule has 0 bridgehead atoms. The van der Waals surface area contributed by atoms with Crippen molar-refractivity contribution in [3.63, 3.8) is 0 Å². The molecule has 0 amide bonds. The molecule has 0 radical (unpaired) electrons. The minimum absolute atomic E-state index is 0.576. The molecule has 102 valence electrons. The fourth-order valence-electron chi connectivity index (χ4n) is 1.99. The maximum Gasteiger partial charge on any atom is 0.215 e. The van der Waals surface area contributed by atoms with Gasteiger partial charge in [0, 0.05) is 21.8 Å². The van der Waals surface area contributed by atoms with Gasteiger partial charge in [-0.15, -0.1) is 0 Å². The molecule has 0 atom stereocenters. The Bertz CT molecular complexity index is 749. The zero-order chi connectivity index (χ0) is 14.1. The molecule has 0 aliphatic carbocycles. The summed E-state index contributed by atoms with van der Waals surface area (Å²) in [4.78, 5) is 12.1. The van der Waals surface area contributed by atoms with Gasteiger partial charge in [-0.25, -0.2) is 4.98 Å². The number of benzene rings is 1. The minimum Gasteiger partial charge on any atom is -0.478 e. The zero-order valence-electron chi connectivity index (χ0n) is 10.9. The second-order valence-corrected chi connectivity index (χ2v) is 5.23. The predicted octanol–water partition coefficient (Wildman–Crippen LogP) is 3.37. The van der Waals surface area contributed by atoms with Crippen LogP contribution in [0.25, 0.3) is 22.6 Å². The maximum absolute atomic E-state index is 5.85. The van der Waals surface area contributed by atoms with E-state index in [-0.39, 0.29) is 0 Å². The largest absolute Gasteiger partial charge is 0.478 e. The molecule has 1 aromatic carbocycles. The van der Waals surface area contributed by atoms with Crippen molar-refractivity contribution in [3.05, 3.63) is 34.8 Å². The van der Waals surface area contributed by atoms with Gasteiger partial charge in [-0.3, -0.25) is 0 Å². The molecule has 2 aromatic heterocycles. The summed E-state index contributed by atoms with van der Waals surface area (Å²) in [5.41, 5.74) is 8.93. The first-order valence-electron chi connectivity index (χ1n) is 6.21. The molecule has 3 aromatic rings. The highest BCUT2D eigenvalue weighted by molar-refractivity contribution is 9.10. The Balaban J connectivity index is 2.08. The Morgan fingerprint density at radius 2 is 2.10 bits per heavy atom. The van der Waals surface area contributed by atoms with E-state index in [0.717, 1.165) is 21.4 Å². The third-order valence-electron chi connectivity index (χ3n) is 2.81. The number of hydrogen-bond donors (Lipinski definition) is 2. The van der Waals surface area contributed by atoms with Crippen LogP contribution in [0, 0.1) is 0 Å². The number of nitrogens with one attached hydrogen (secondary N) is 1. The van der Waals surface area contributed by atoms with E-state index in [4.69, 9.17) is 10.5 Å². The Morgan fingerprint density at radius 3 is 2.85 bits per heavy atom. The van der Waals surface area contributed by atoms with Crippen LogP contribution >= 0.6 is 15.9 Å². The predicted molar refractivity (Wildman–Crippen MR) is 82.6 cm³/mol. The van der Waals surface area contributed by atoms with Crippen LogP contribution in [0.15, 0.2) is 34.8 Å². The molecular weight excluding hydrogens is 320 g/mol. The summed E-state index contributed by atoms with van der Waals surface area (Å²) < 4.78 is 6.29. The number of imidazole rings is 1. The maximum atomic E-state index is 5.85. The fraction of sp³-hybridized carbons (Fsp3) is 0.143. The van der Waals surface area contributed by atoms with E-state index in [9.17, 15) is 0 Å². The number of halogens is 1. The van der Waals surface area contributed by atoms with Crippen molar-refractivity contribution in [1.82, 2.24) is 15.0 Å². The first-order valence-corrected chi connectivity index (χ1v) is 7.01. The molecule has 0 spiro atoms. The summed E-state index contributed by atoms with van der Waals surface area (Å²) in [6, 6.07) is 9.40. The molecule has 0 fully saturated rings. The van der Waals surface area contributed by atoms with Gasteiger partial charge in [0.15, 0.2) is 5.65 Å². The van der Waals surface area contributed by atoms with Gasteiger partial charge in [0.2, 0.25) is 5.88 Å². The zero-order valence-corrected chi connectivity index (χ0v) is 12.4. The number of nitrogens with two attached hydrogens (primary N) is 1. The Morgan fingerprint density at radius 1 is 1.25 bits per heavy atom. The Kier molecular flexibility index (Phi) is 3.31. The fourth-order valence-corrected chi connectivity index (χ4v) is 2.50. The van der Waals surface area contributed by atoms with Gasteiger partial charge >= 0.3 is 0 Å². The van der Waals surface area contributed by atoms with E-state index in [1.807, 2.05) is 37.3 Å². The first-order chi connectivity index (χ1) is 9.65. The quantitative estimate of drug-likeness (QED) is 0.721. The number of nitrogens with zero attached hydrogens (tertiary/aromatic N) is 2. The molecule has 3 N–H and O–H groups in total. The summed E-state index contributed by atoms with van der Waals surface area (Å²) in [7, 11) is 0. The number of rotatable bonds is 3. The van der Waals surface area contributed by atoms with Crippen molar-refractivity contribution in [2.24, 2.45) is 0 Å². The van der Waals surface area contributed by atoms with Gasteiger partial charge < -0.3 is 15.5 Å². The number of hydrogen-bond acceptors (Lipinski definition) is 4. The van der Waals surface area contributed by atoms with Crippen molar-refractivity contribution in [2.75, 3.05) is 12.3 Å². The normalized spacial score (nSPS) is 10.9. The lowest BCUT2D eigenvalue weighted by molar-refractivity contribution is 0.328. The standard InChI is InChI=1S/C14H13BrN4O/c1-2-20-12-4-3-11-14(18-12)19-13(17-11)8-5-9(15)7-10(16)6-8/h3-7H,2,16H2,1H3,(H,17,18,19). The molecule has 3 rings (SSSR count). The highest BCUT2D eigenvalue weighted by atomic mass is 79.9. The Hall–Kier alpha value is -2.08. The van der Waals surface area contributed by atoms with Crippen LogP contribution in [0.5, 0.6) is 5.88 Å². The van der Waals surface area contributed by atoms with Crippen molar-refractivity contribution in [3.8, 4) is 17.3 Å². The van der Waals surface area contributed by atoms with Crippen molar-refractivity contribution >= 4 is 32.8 Å². The van der Waals surface area contributed by atoms with Gasteiger partial charge in [0.1, 0.15) is 5.82 Å². The van der Waals surface area contributed by atoms with Gasteiger partial charge in [0.05, 0.1) is 12.1 Å². The van der Waals surface area contributed by atoms with Gasteiger partial charge in [-0.1, -0.05) is 15.9 Å². The van der Waals surface area contributed by atoms with Crippen LogP contribution < -0.4 is 10.5 Å². The number of fused-ring (bicyclic) bond motifs is 1. The van der Waals surface area contributed by atoms with Crippen molar-refractivity contribution in [1.29, 1.82) is 0 Å². The number of H-pyrrole nitrogens is 1. The number of ether oxygens (including phenoxy) is 1. The van der Waals surface area contributed by atoms with Crippen LogP contribution in [-0.4, -0.2) is 21.6 Å². The second-order valence-electron chi connectivity index (χ2n) is 4.31. The smallest absolute Gasteiger partial charge is 0.215 e. The molecule has 6 heteroatoms. The first kappa shape index (κ1) is 12.9. The average Bonchev–Trinajstić information content (AvgIpc) is 2.81. The number of anilines is 1. The molecule has 0 aliphatic heterocycles. The summed E-state index contributed by atoms with van der Waals surface area (Å²) in [6.07, 6.45) is 0. The van der Waals surface area contributed by atoms with Crippen LogP contribution in [0.3, 0.4) is 0 Å². The van der Waals surface area contributed by atoms with Crippen LogP contribution in [-0.2, 0) is 0 Å². The summed E-state index contributed by atoms with van der Waals surface area (Å²) in [5.74, 6) is 1.31. The highest BCUT2D eigenvalue weighted by Crippen LogP contribution is 2.26. The lowest BCUT2D eigenvalue weighted by Gasteiger charge is -2.00. The van der Waals surface area contributed by atoms with E-state index in [2.05, 4.69) is 30.9 Å². The van der Waals surface area contributed by atoms with E-state index in [0.29, 0.717) is 23.8 Å². The molecule has 0 saturated carbocycles. The highest BCUT2D eigenvalue weighted by Gasteiger charge is 2.08. The third-order valence-corrected chi connectivity index (χ3v) is 3.26. The van der Waals surface area contributed by atoms with Crippen LogP contribution in [0.4, 0.5) is 5.69 Å². The summed E-state index contributed by atoms with van der Waals surface area (Å²) >= 11 is 3.43. The second kappa shape index (κ2) is 5.13. The van der Waals surface area contributed by atoms with Gasteiger partial charge in [0.25, 0.3) is 0 Å². The number of aromatic amines is 1. The summed E-state index contributed by atoms with van der Waals surface area (Å²) in [5, 5.41) is 0. The van der Waals surface area contributed by atoms with Gasteiger partial charge in [-0.05, 0) is 31.2 Å². The lowest BCUT2D eigenvalue weighted by atomic mass is 10.2. The van der Waals surface area contributed by atoms with E-state index in [1.165, 1.54) is 0 Å². The van der Waals surface area contributed by atoms with Crippen LogP contribution in [0.1, 0.15) is 6.92 Å². The number of pyridine rings is 1. The molecule has 0 saturated heterocycles. The molecule has 5 nitrogen and oxygen atoms in total. The molecule has 2 heterocycles. The minimum atomic E-state index is 0.576. The van der Waals surface area contributed by atoms with Crippen LogP contribution in [0.2, 0.25) is 0 Å². The lowest BCUT2D eigenvalue weighted by Crippen LogP contribution is -1.93. The average molecular weight is 333 g/mol. The van der Waals surface area contributed by atoms with Crippen molar-refractivity contribution in [2.45, 2.75) is 6.92 Å². The molecular formula is C14H13BrN4O. The van der Waals surface area contributed by atoms with E-state index in [1.54, 1.807) is 0 Å². The van der Waals surface area contributed by atoms with E-state index >= 15 is 0 Å². The number of aromatic nitrogens is 3. The molecule has 0 unspecified atom stereocenters. The molecule has 0 aliphatic rings. The van der Waals surface area contributed by atoms with E-state index < -0.39 is 0 Å². The molecule has 20 heavy (non-hydrogen) atoms. The third kappa shape index (κ3) is 2.46. The monoisotopic (exact) mass is 332 g/mol. The SMILES string of the molecule is CCOc1ccc2[nH]c(-c3cc(N)cc(Br)c3)nc2n1. The van der Waals surface area contributed by atoms with Crippen molar-refractivity contribution < 1.29 is 4.74 Å². The number of nitrogen functional groups attached to an aromatic ring is 1. The summed E-state index contributed by atoms with van der Waals surface area (Å²) in [6.45, 7) is 2.50.